The predicted molar refractivity (Wildman–Crippen MR) is 115 cm³/mol. The summed E-state index contributed by atoms with van der Waals surface area (Å²) in [5.41, 5.74) is 2.85. The van der Waals surface area contributed by atoms with Crippen LogP contribution in [-0.2, 0) is 25.3 Å². The van der Waals surface area contributed by atoms with E-state index in [1.165, 1.54) is 16.6 Å². The van der Waals surface area contributed by atoms with Crippen LogP contribution in [0.4, 0.5) is 0 Å². The average molecular weight is 374 g/mol. The summed E-state index contributed by atoms with van der Waals surface area (Å²) in [6.45, 7) is 17.3. The normalized spacial score (nSPS) is 18.4. The van der Waals surface area contributed by atoms with Gasteiger partial charge in [-0.25, -0.2) is 0 Å². The number of benzene rings is 1. The van der Waals surface area contributed by atoms with Crippen LogP contribution in [0.15, 0.2) is 18.2 Å². The van der Waals surface area contributed by atoms with Gasteiger partial charge in [0.2, 0.25) is 0 Å². The van der Waals surface area contributed by atoms with E-state index < -0.39 is 0 Å². The maximum absolute atomic E-state index is 6.82. The third-order valence-corrected chi connectivity index (χ3v) is 7.30. The van der Waals surface area contributed by atoms with Gasteiger partial charge in [-0.15, -0.1) is 0 Å². The molecule has 0 fully saturated rings. The van der Waals surface area contributed by atoms with Gasteiger partial charge in [-0.2, -0.15) is 0 Å². The van der Waals surface area contributed by atoms with Crippen LogP contribution >= 0.6 is 0 Å². The third-order valence-electron chi connectivity index (χ3n) is 7.30. The molecule has 0 radical (unpaired) electrons. The van der Waals surface area contributed by atoms with Gasteiger partial charge in [-0.05, 0) is 64.5 Å². The molecule has 4 heteroatoms. The van der Waals surface area contributed by atoms with Crippen molar-refractivity contribution < 1.29 is 14.1 Å². The molecule has 0 atom stereocenters. The lowest BCUT2D eigenvalue weighted by molar-refractivity contribution is -0.151. The molecule has 1 aromatic rings. The Hall–Kier alpha value is -0.835. The standard InChI is InChI=1S/C23H39BO3/c1-10-22(11-2)18-15-14-17(16-19(18)23(12-3,13-4)26-22)24-27-21(7,8)20(5,6)25-9/h14-16,24H,10-13H2,1-9H3. The molecule has 0 unspecified atom stereocenters. The zero-order valence-electron chi connectivity index (χ0n) is 19.0. The van der Waals surface area contributed by atoms with Gasteiger partial charge in [0.25, 0.3) is 0 Å². The number of rotatable bonds is 9. The van der Waals surface area contributed by atoms with Crippen molar-refractivity contribution in [2.24, 2.45) is 0 Å². The van der Waals surface area contributed by atoms with Crippen LogP contribution in [-0.4, -0.2) is 25.8 Å². The van der Waals surface area contributed by atoms with E-state index in [1.54, 1.807) is 7.11 Å². The van der Waals surface area contributed by atoms with Crippen LogP contribution in [0.5, 0.6) is 0 Å². The molecule has 1 aliphatic rings. The minimum absolute atomic E-state index is 0.155. The average Bonchev–Trinajstić information content (AvgIpc) is 2.96. The molecule has 0 aliphatic carbocycles. The van der Waals surface area contributed by atoms with Gasteiger partial charge in [-0.3, -0.25) is 0 Å². The number of fused-ring (bicyclic) bond motifs is 1. The molecule has 0 amide bonds. The summed E-state index contributed by atoms with van der Waals surface area (Å²) in [6, 6.07) is 6.81. The first-order valence-electron chi connectivity index (χ1n) is 10.6. The van der Waals surface area contributed by atoms with Gasteiger partial charge >= 0.3 is 7.48 Å². The van der Waals surface area contributed by atoms with Crippen LogP contribution in [0.25, 0.3) is 0 Å². The lowest BCUT2D eigenvalue weighted by Crippen LogP contribution is -2.50. The van der Waals surface area contributed by atoms with Gasteiger partial charge < -0.3 is 14.1 Å². The molecule has 1 aliphatic heterocycles. The number of methoxy groups -OCH3 is 1. The lowest BCUT2D eigenvalue weighted by atomic mass is 9.76. The van der Waals surface area contributed by atoms with E-state index in [1.807, 2.05) is 0 Å². The van der Waals surface area contributed by atoms with E-state index >= 15 is 0 Å². The van der Waals surface area contributed by atoms with Crippen molar-refractivity contribution in [3.05, 3.63) is 29.3 Å². The van der Waals surface area contributed by atoms with E-state index in [0.29, 0.717) is 7.48 Å². The maximum atomic E-state index is 6.82. The fraction of sp³-hybridized carbons (Fsp3) is 0.739. The van der Waals surface area contributed by atoms with Crippen molar-refractivity contribution >= 4 is 12.9 Å². The molecule has 1 aromatic carbocycles. The molecule has 0 saturated heterocycles. The molecule has 0 spiro atoms. The van der Waals surface area contributed by atoms with Gasteiger partial charge in [0.05, 0.1) is 22.4 Å². The van der Waals surface area contributed by atoms with Crippen molar-refractivity contribution in [1.82, 2.24) is 0 Å². The third kappa shape index (κ3) is 3.73. The molecule has 0 bridgehead atoms. The second kappa shape index (κ2) is 7.89. The first kappa shape index (κ1) is 22.5. The highest BCUT2D eigenvalue weighted by Crippen LogP contribution is 2.53. The first-order chi connectivity index (χ1) is 12.6. The largest absolute Gasteiger partial charge is 0.427 e. The predicted octanol–water partition coefficient (Wildman–Crippen LogP) is 4.94. The number of hydrogen-bond donors (Lipinski definition) is 0. The molecule has 0 saturated carbocycles. The van der Waals surface area contributed by atoms with Crippen molar-refractivity contribution in [3.63, 3.8) is 0 Å². The molecule has 2 rings (SSSR count). The second-order valence-electron chi connectivity index (χ2n) is 8.90. The lowest BCUT2D eigenvalue weighted by Gasteiger charge is -2.40. The van der Waals surface area contributed by atoms with E-state index in [2.05, 4.69) is 73.6 Å². The Balaban J connectivity index is 2.37. The topological polar surface area (TPSA) is 27.7 Å². The highest BCUT2D eigenvalue weighted by atomic mass is 16.5. The van der Waals surface area contributed by atoms with E-state index in [4.69, 9.17) is 14.1 Å². The molecule has 152 valence electrons. The zero-order valence-corrected chi connectivity index (χ0v) is 19.0. The van der Waals surface area contributed by atoms with E-state index in [9.17, 15) is 0 Å². The summed E-state index contributed by atoms with van der Waals surface area (Å²) >= 11 is 0. The Kier molecular flexibility index (Phi) is 6.56. The fourth-order valence-corrected chi connectivity index (χ4v) is 4.17. The summed E-state index contributed by atoms with van der Waals surface area (Å²) in [6.07, 6.45) is 3.99. The fourth-order valence-electron chi connectivity index (χ4n) is 4.17. The van der Waals surface area contributed by atoms with Gasteiger partial charge in [0.1, 0.15) is 0 Å². The van der Waals surface area contributed by atoms with Crippen molar-refractivity contribution in [1.29, 1.82) is 0 Å². The summed E-state index contributed by atoms with van der Waals surface area (Å²) in [5.74, 6) is 0. The zero-order chi connectivity index (χ0) is 20.5. The highest BCUT2D eigenvalue weighted by molar-refractivity contribution is 6.47. The smallest absolute Gasteiger partial charge is 0.309 e. The van der Waals surface area contributed by atoms with E-state index in [-0.39, 0.29) is 22.4 Å². The molecular weight excluding hydrogens is 335 g/mol. The minimum Gasteiger partial charge on any atom is -0.427 e. The maximum Gasteiger partial charge on any atom is 0.309 e. The van der Waals surface area contributed by atoms with Crippen LogP contribution in [0, 0.1) is 0 Å². The SMILES string of the molecule is CCC1(CC)OC(CC)(CC)c2cc(BOC(C)(C)C(C)(C)OC)ccc21. The Morgan fingerprint density at radius 3 is 1.85 bits per heavy atom. The summed E-state index contributed by atoms with van der Waals surface area (Å²) < 4.78 is 18.8. The first-order valence-corrected chi connectivity index (χ1v) is 10.6. The van der Waals surface area contributed by atoms with Gasteiger partial charge in [0, 0.05) is 7.11 Å². The Bertz CT molecular complexity index is 643. The Labute approximate surface area is 167 Å². The molecule has 0 N–H and O–H groups in total. The molecule has 27 heavy (non-hydrogen) atoms. The summed E-state index contributed by atoms with van der Waals surface area (Å²) in [4.78, 5) is 0. The van der Waals surface area contributed by atoms with Gasteiger partial charge in [-0.1, -0.05) is 51.4 Å². The molecule has 1 heterocycles. The van der Waals surface area contributed by atoms with Crippen LogP contribution in [0.1, 0.15) is 92.2 Å². The van der Waals surface area contributed by atoms with Crippen LogP contribution < -0.4 is 5.46 Å². The Morgan fingerprint density at radius 2 is 1.37 bits per heavy atom. The number of ether oxygens (including phenoxy) is 2. The van der Waals surface area contributed by atoms with Crippen LogP contribution in [0.2, 0.25) is 0 Å². The van der Waals surface area contributed by atoms with Gasteiger partial charge in [0.15, 0.2) is 0 Å². The van der Waals surface area contributed by atoms with Crippen molar-refractivity contribution in [3.8, 4) is 0 Å². The quantitative estimate of drug-likeness (QED) is 0.573. The molecule has 3 nitrogen and oxygen atoms in total. The second-order valence-corrected chi connectivity index (χ2v) is 8.90. The molecule has 0 aromatic heterocycles. The monoisotopic (exact) mass is 374 g/mol. The number of hydrogen-bond acceptors (Lipinski definition) is 3. The van der Waals surface area contributed by atoms with Crippen LogP contribution in [0.3, 0.4) is 0 Å². The van der Waals surface area contributed by atoms with Crippen molar-refractivity contribution in [2.45, 2.75) is 103 Å². The minimum atomic E-state index is -0.388. The summed E-state index contributed by atoms with van der Waals surface area (Å²) in [7, 11) is 2.31. The van der Waals surface area contributed by atoms with Crippen molar-refractivity contribution in [2.75, 3.05) is 7.11 Å². The highest BCUT2D eigenvalue weighted by Gasteiger charge is 2.49. The van der Waals surface area contributed by atoms with E-state index in [0.717, 1.165) is 25.7 Å². The summed E-state index contributed by atoms with van der Waals surface area (Å²) in [5, 5.41) is 0. The Morgan fingerprint density at radius 1 is 0.852 bits per heavy atom. The molecular formula is C23H39BO3.